The summed E-state index contributed by atoms with van der Waals surface area (Å²) in [6.07, 6.45) is -3.88. The first-order valence-electron chi connectivity index (χ1n) is 9.67. The summed E-state index contributed by atoms with van der Waals surface area (Å²) in [6, 6.07) is 12.0. The molecule has 2 aromatic rings. The normalized spacial score (nSPS) is 26.4. The Morgan fingerprint density at radius 3 is 2.17 bits per heavy atom. The van der Waals surface area contributed by atoms with Crippen molar-refractivity contribution in [3.05, 3.63) is 71.3 Å². The van der Waals surface area contributed by atoms with Gasteiger partial charge in [-0.05, 0) is 12.1 Å². The van der Waals surface area contributed by atoms with E-state index in [9.17, 15) is 23.8 Å². The van der Waals surface area contributed by atoms with Crippen LogP contribution < -0.4 is 5.32 Å². The Bertz CT molecular complexity index is 880. The minimum Gasteiger partial charge on any atom is -0.390 e. The van der Waals surface area contributed by atoms with E-state index >= 15 is 0 Å². The number of hydrogen-bond donors (Lipinski definition) is 3. The number of halogens is 2. The summed E-state index contributed by atoms with van der Waals surface area (Å²) in [5.41, 5.74) is -1.01. The molecule has 30 heavy (non-hydrogen) atoms. The molecule has 1 fully saturated rings. The highest BCUT2D eigenvalue weighted by Gasteiger charge is 2.51. The van der Waals surface area contributed by atoms with Gasteiger partial charge in [0.2, 0.25) is 0 Å². The predicted octanol–water partition coefficient (Wildman–Crippen LogP) is 2.07. The van der Waals surface area contributed by atoms with Crippen LogP contribution in [-0.2, 0) is 27.5 Å². The van der Waals surface area contributed by atoms with Crippen molar-refractivity contribution >= 4 is 5.91 Å². The van der Waals surface area contributed by atoms with Gasteiger partial charge in [0.15, 0.2) is 5.60 Å². The monoisotopic (exact) mass is 421 g/mol. The summed E-state index contributed by atoms with van der Waals surface area (Å²) in [5, 5.41) is 23.3. The van der Waals surface area contributed by atoms with E-state index in [-0.39, 0.29) is 37.2 Å². The van der Waals surface area contributed by atoms with Crippen molar-refractivity contribution < 1.29 is 33.3 Å². The predicted molar refractivity (Wildman–Crippen MR) is 104 cm³/mol. The lowest BCUT2D eigenvalue weighted by Crippen LogP contribution is -2.60. The molecule has 1 saturated carbocycles. The van der Waals surface area contributed by atoms with Gasteiger partial charge in [0.25, 0.3) is 5.91 Å². The largest absolute Gasteiger partial charge is 0.390 e. The van der Waals surface area contributed by atoms with Crippen LogP contribution in [0.4, 0.5) is 8.78 Å². The van der Waals surface area contributed by atoms with Gasteiger partial charge in [0, 0.05) is 31.0 Å². The Balaban J connectivity index is 1.79. The molecular weight excluding hydrogens is 396 g/mol. The lowest BCUT2D eigenvalue weighted by atomic mass is 9.78. The molecule has 2 aromatic carbocycles. The molecule has 1 aliphatic rings. The first kappa shape index (κ1) is 22.3. The van der Waals surface area contributed by atoms with Crippen LogP contribution in [0.3, 0.4) is 0 Å². The zero-order valence-electron chi connectivity index (χ0n) is 16.6. The number of nitrogens with one attached hydrogen (secondary N) is 1. The van der Waals surface area contributed by atoms with E-state index in [1.165, 1.54) is 25.2 Å². The number of carbonyl (C=O) groups is 1. The van der Waals surface area contributed by atoms with Gasteiger partial charge in [-0.2, -0.15) is 0 Å². The van der Waals surface area contributed by atoms with E-state index in [1.807, 2.05) is 0 Å². The van der Waals surface area contributed by atoms with Crippen LogP contribution in [0.2, 0.25) is 0 Å². The van der Waals surface area contributed by atoms with Gasteiger partial charge in [-0.25, -0.2) is 8.78 Å². The van der Waals surface area contributed by atoms with Gasteiger partial charge in [-0.15, -0.1) is 0 Å². The second kappa shape index (κ2) is 9.61. The molecule has 0 aromatic heterocycles. The third-order valence-electron chi connectivity index (χ3n) is 5.36. The van der Waals surface area contributed by atoms with Crippen LogP contribution in [0.1, 0.15) is 24.0 Å². The standard InChI is InChI=1S/C22H25F2NO5/c1-25-21(28)22(30-13-15-7-3-5-9-17(15)24)10-18(26)20(27)19(11-22)29-12-14-6-2-4-8-16(14)23/h2-9,18-20,26-27H,10-13H2,1H3,(H,25,28)/t18-,19+,20-,22+/m1/s1. The number of carbonyl (C=O) groups excluding carboxylic acids is 1. The van der Waals surface area contributed by atoms with Crippen molar-refractivity contribution in [2.24, 2.45) is 0 Å². The van der Waals surface area contributed by atoms with Crippen molar-refractivity contribution in [2.45, 2.75) is 50.0 Å². The Kier molecular flexibility index (Phi) is 7.14. The molecule has 1 amide bonds. The summed E-state index contributed by atoms with van der Waals surface area (Å²) < 4.78 is 39.4. The number of hydrogen-bond acceptors (Lipinski definition) is 5. The summed E-state index contributed by atoms with van der Waals surface area (Å²) in [5.74, 6) is -1.46. The highest BCUT2D eigenvalue weighted by Crippen LogP contribution is 2.36. The third-order valence-corrected chi connectivity index (χ3v) is 5.36. The molecule has 0 radical (unpaired) electrons. The molecule has 162 valence electrons. The Labute approximate surface area is 173 Å². The molecular formula is C22H25F2NO5. The highest BCUT2D eigenvalue weighted by atomic mass is 19.1. The smallest absolute Gasteiger partial charge is 0.252 e. The van der Waals surface area contributed by atoms with Crippen LogP contribution in [0.25, 0.3) is 0 Å². The Morgan fingerprint density at radius 1 is 1.03 bits per heavy atom. The maximum Gasteiger partial charge on any atom is 0.252 e. The highest BCUT2D eigenvalue weighted by molar-refractivity contribution is 5.85. The lowest BCUT2D eigenvalue weighted by Gasteiger charge is -2.43. The number of rotatable bonds is 7. The maximum atomic E-state index is 14.0. The molecule has 1 aliphatic carbocycles. The van der Waals surface area contributed by atoms with E-state index in [0.29, 0.717) is 0 Å². The van der Waals surface area contributed by atoms with Gasteiger partial charge in [-0.1, -0.05) is 36.4 Å². The SMILES string of the molecule is CNC(=O)[C@]1(OCc2ccccc2F)C[C@@H](O)[C@@H](O)[C@@H](OCc2ccccc2F)C1. The molecule has 0 unspecified atom stereocenters. The number of likely N-dealkylation sites (N-methyl/N-ethyl adjacent to an activating group) is 1. The number of aliphatic hydroxyl groups is 2. The number of benzene rings is 2. The van der Waals surface area contributed by atoms with E-state index in [2.05, 4.69) is 5.32 Å². The molecule has 3 rings (SSSR count). The van der Waals surface area contributed by atoms with Crippen LogP contribution in [0, 0.1) is 11.6 Å². The first-order valence-corrected chi connectivity index (χ1v) is 9.67. The molecule has 0 spiro atoms. The quantitative estimate of drug-likeness (QED) is 0.637. The maximum absolute atomic E-state index is 14.0. The van der Waals surface area contributed by atoms with Crippen LogP contribution >= 0.6 is 0 Å². The molecule has 0 bridgehead atoms. The molecule has 8 heteroatoms. The average Bonchev–Trinajstić information content (AvgIpc) is 2.75. The fourth-order valence-corrected chi connectivity index (χ4v) is 3.63. The Morgan fingerprint density at radius 2 is 1.60 bits per heavy atom. The van der Waals surface area contributed by atoms with Gasteiger partial charge < -0.3 is 25.0 Å². The second-order valence-electron chi connectivity index (χ2n) is 7.36. The summed E-state index contributed by atoms with van der Waals surface area (Å²) in [4.78, 5) is 12.7. The van der Waals surface area contributed by atoms with Gasteiger partial charge in [0.05, 0.1) is 25.4 Å². The average molecular weight is 421 g/mol. The zero-order valence-corrected chi connectivity index (χ0v) is 16.6. The molecule has 0 aliphatic heterocycles. The minimum atomic E-state index is -1.55. The second-order valence-corrected chi connectivity index (χ2v) is 7.36. The summed E-state index contributed by atoms with van der Waals surface area (Å²) in [6.45, 7) is -0.360. The fraction of sp³-hybridized carbons (Fsp3) is 0.409. The topological polar surface area (TPSA) is 88.0 Å². The fourth-order valence-electron chi connectivity index (χ4n) is 3.63. The molecule has 3 N–H and O–H groups in total. The third kappa shape index (κ3) is 4.84. The van der Waals surface area contributed by atoms with Gasteiger partial charge >= 0.3 is 0 Å². The van der Waals surface area contributed by atoms with E-state index in [0.717, 1.165) is 0 Å². The van der Waals surface area contributed by atoms with Crippen LogP contribution in [0.15, 0.2) is 48.5 Å². The van der Waals surface area contributed by atoms with E-state index in [4.69, 9.17) is 9.47 Å². The number of amides is 1. The lowest BCUT2D eigenvalue weighted by molar-refractivity contribution is -0.200. The van der Waals surface area contributed by atoms with Gasteiger partial charge in [0.1, 0.15) is 17.7 Å². The number of ether oxygens (including phenoxy) is 2. The molecule has 6 nitrogen and oxygen atoms in total. The van der Waals surface area contributed by atoms with Crippen molar-refractivity contribution in [1.82, 2.24) is 5.32 Å². The molecule has 0 saturated heterocycles. The molecule has 4 atom stereocenters. The molecule has 0 heterocycles. The van der Waals surface area contributed by atoms with E-state index < -0.39 is 41.5 Å². The van der Waals surface area contributed by atoms with Crippen LogP contribution in [0.5, 0.6) is 0 Å². The van der Waals surface area contributed by atoms with Crippen molar-refractivity contribution in [3.8, 4) is 0 Å². The van der Waals surface area contributed by atoms with E-state index in [1.54, 1.807) is 30.3 Å². The summed E-state index contributed by atoms with van der Waals surface area (Å²) in [7, 11) is 1.42. The van der Waals surface area contributed by atoms with Gasteiger partial charge in [-0.3, -0.25) is 4.79 Å². The van der Waals surface area contributed by atoms with Crippen molar-refractivity contribution in [3.63, 3.8) is 0 Å². The van der Waals surface area contributed by atoms with Crippen LogP contribution in [-0.4, -0.2) is 47.1 Å². The number of aliphatic hydroxyl groups excluding tert-OH is 2. The minimum absolute atomic E-state index is 0.0895. The first-order chi connectivity index (χ1) is 14.4. The zero-order chi connectivity index (χ0) is 21.7. The van der Waals surface area contributed by atoms with Crippen molar-refractivity contribution in [1.29, 1.82) is 0 Å². The Hall–Kier alpha value is -2.39. The summed E-state index contributed by atoms with van der Waals surface area (Å²) >= 11 is 0. The van der Waals surface area contributed by atoms with Crippen molar-refractivity contribution in [2.75, 3.05) is 7.05 Å².